The lowest BCUT2D eigenvalue weighted by atomic mass is 10.1. The first-order valence-corrected chi connectivity index (χ1v) is 11.6. The van der Waals surface area contributed by atoms with Crippen molar-refractivity contribution in [3.05, 3.63) is 83.4 Å². The molecule has 0 fully saturated rings. The highest BCUT2D eigenvalue weighted by atomic mass is 16.5. The van der Waals surface area contributed by atoms with Crippen molar-refractivity contribution < 1.29 is 23.8 Å². The number of carbonyl (C=O) groups excluding carboxylic acids is 2. The first kappa shape index (κ1) is 24.1. The van der Waals surface area contributed by atoms with Crippen LogP contribution in [0.15, 0.2) is 66.7 Å². The van der Waals surface area contributed by atoms with Crippen molar-refractivity contribution in [3.8, 4) is 17.2 Å². The number of hydrogen-bond donors (Lipinski definition) is 1. The van der Waals surface area contributed by atoms with Gasteiger partial charge in [-0.1, -0.05) is 31.2 Å². The zero-order valence-electron chi connectivity index (χ0n) is 20.2. The summed E-state index contributed by atoms with van der Waals surface area (Å²) in [6.45, 7) is 2.75. The Bertz CT molecular complexity index is 1190. The Balaban J connectivity index is 1.51. The molecule has 0 saturated carbocycles. The molecule has 4 rings (SSSR count). The van der Waals surface area contributed by atoms with Gasteiger partial charge in [0.25, 0.3) is 5.91 Å². The second-order valence-corrected chi connectivity index (χ2v) is 8.46. The first-order valence-electron chi connectivity index (χ1n) is 11.6. The molecule has 0 aromatic heterocycles. The Labute approximate surface area is 205 Å². The smallest absolute Gasteiger partial charge is 0.264 e. The van der Waals surface area contributed by atoms with Crippen LogP contribution in [0.3, 0.4) is 0 Å². The lowest BCUT2D eigenvalue weighted by molar-refractivity contribution is -0.139. The molecule has 1 atom stereocenters. The predicted molar refractivity (Wildman–Crippen MR) is 134 cm³/mol. The maximum Gasteiger partial charge on any atom is 0.264 e. The minimum absolute atomic E-state index is 0.0587. The highest BCUT2D eigenvalue weighted by Crippen LogP contribution is 2.30. The van der Waals surface area contributed by atoms with Crippen LogP contribution < -0.4 is 19.5 Å². The third-order valence-electron chi connectivity index (χ3n) is 5.96. The van der Waals surface area contributed by atoms with E-state index in [0.29, 0.717) is 30.9 Å². The van der Waals surface area contributed by atoms with Gasteiger partial charge in [0.15, 0.2) is 6.10 Å². The lowest BCUT2D eigenvalue weighted by Gasteiger charge is -2.23. The van der Waals surface area contributed by atoms with Crippen LogP contribution in [0, 0.1) is 0 Å². The average Bonchev–Trinajstić information content (AvgIpc) is 3.00. The largest absolute Gasteiger partial charge is 0.497 e. The van der Waals surface area contributed by atoms with Crippen molar-refractivity contribution in [3.63, 3.8) is 0 Å². The summed E-state index contributed by atoms with van der Waals surface area (Å²) in [5, 5.41) is 2.96. The summed E-state index contributed by atoms with van der Waals surface area (Å²) < 4.78 is 16.6. The molecule has 35 heavy (non-hydrogen) atoms. The number of fused-ring (bicyclic) bond motifs is 1. The molecule has 0 saturated heterocycles. The van der Waals surface area contributed by atoms with Crippen molar-refractivity contribution in [2.24, 2.45) is 0 Å². The summed E-state index contributed by atoms with van der Waals surface area (Å²) in [6, 6.07) is 20.6. The number of anilines is 1. The second-order valence-electron chi connectivity index (χ2n) is 8.46. The summed E-state index contributed by atoms with van der Waals surface area (Å²) in [6.07, 6.45) is 0.251. The minimum Gasteiger partial charge on any atom is -0.497 e. The van der Waals surface area contributed by atoms with Crippen LogP contribution in [-0.2, 0) is 29.1 Å². The van der Waals surface area contributed by atoms with Gasteiger partial charge < -0.3 is 24.4 Å². The van der Waals surface area contributed by atoms with Gasteiger partial charge in [0.05, 0.1) is 20.6 Å². The van der Waals surface area contributed by atoms with Crippen LogP contribution in [0.1, 0.15) is 30.0 Å². The molecule has 3 aromatic rings. The molecule has 0 radical (unpaired) electrons. The molecule has 1 heterocycles. The molecule has 7 heteroatoms. The van der Waals surface area contributed by atoms with E-state index < -0.39 is 6.10 Å². The Kier molecular flexibility index (Phi) is 7.55. The SMILES string of the molecule is CCC1Oc2ccc(NC(=O)Cc3ccc(OC)cc3)cc2CN(Cc2cccc(OC)c2)C1=O. The van der Waals surface area contributed by atoms with Gasteiger partial charge >= 0.3 is 0 Å². The summed E-state index contributed by atoms with van der Waals surface area (Å²) >= 11 is 0. The van der Waals surface area contributed by atoms with Gasteiger partial charge in [-0.15, -0.1) is 0 Å². The van der Waals surface area contributed by atoms with E-state index in [1.807, 2.05) is 67.6 Å². The van der Waals surface area contributed by atoms with Crippen molar-refractivity contribution in [2.75, 3.05) is 19.5 Å². The molecule has 1 unspecified atom stereocenters. The number of hydrogen-bond acceptors (Lipinski definition) is 5. The van der Waals surface area contributed by atoms with Crippen LogP contribution in [0.25, 0.3) is 0 Å². The van der Waals surface area contributed by atoms with Crippen molar-refractivity contribution >= 4 is 17.5 Å². The predicted octanol–water partition coefficient (Wildman–Crippen LogP) is 4.58. The molecular formula is C28H30N2O5. The van der Waals surface area contributed by atoms with E-state index in [4.69, 9.17) is 14.2 Å². The number of rotatable bonds is 8. The van der Waals surface area contributed by atoms with Crippen molar-refractivity contribution in [1.82, 2.24) is 4.90 Å². The third-order valence-corrected chi connectivity index (χ3v) is 5.96. The Morgan fingerprint density at radius 2 is 1.77 bits per heavy atom. The van der Waals surface area contributed by atoms with Gasteiger partial charge in [-0.3, -0.25) is 9.59 Å². The first-order chi connectivity index (χ1) is 17.0. The fraction of sp³-hybridized carbons (Fsp3) is 0.286. The van der Waals surface area contributed by atoms with Crippen LogP contribution >= 0.6 is 0 Å². The Hall–Kier alpha value is -4.00. The maximum absolute atomic E-state index is 13.2. The van der Waals surface area contributed by atoms with E-state index in [9.17, 15) is 9.59 Å². The zero-order chi connectivity index (χ0) is 24.8. The van der Waals surface area contributed by atoms with Gasteiger partial charge in [0, 0.05) is 24.3 Å². The van der Waals surface area contributed by atoms with E-state index in [1.165, 1.54) is 0 Å². The monoisotopic (exact) mass is 474 g/mol. The van der Waals surface area contributed by atoms with Gasteiger partial charge in [-0.2, -0.15) is 0 Å². The van der Waals surface area contributed by atoms with E-state index in [-0.39, 0.29) is 18.2 Å². The number of amides is 2. The standard InChI is InChI=1S/C28H30N2O5/c1-4-25-28(32)30(17-20-6-5-7-24(14-20)34-3)18-21-16-22(10-13-26(21)35-25)29-27(31)15-19-8-11-23(33-2)12-9-19/h5-14,16,25H,4,15,17-18H2,1-3H3,(H,29,31). The number of carbonyl (C=O) groups is 2. The van der Waals surface area contributed by atoms with Crippen LogP contribution in [0.4, 0.5) is 5.69 Å². The maximum atomic E-state index is 13.2. The summed E-state index contributed by atoms with van der Waals surface area (Å²) in [5.74, 6) is 1.97. The molecule has 7 nitrogen and oxygen atoms in total. The molecule has 0 aliphatic carbocycles. The molecule has 3 aromatic carbocycles. The minimum atomic E-state index is -0.558. The highest BCUT2D eigenvalue weighted by Gasteiger charge is 2.30. The molecule has 0 spiro atoms. The van der Waals surface area contributed by atoms with Gasteiger partial charge in [0.2, 0.25) is 5.91 Å². The van der Waals surface area contributed by atoms with E-state index in [1.54, 1.807) is 25.2 Å². The molecule has 0 bridgehead atoms. The fourth-order valence-electron chi connectivity index (χ4n) is 4.10. The Morgan fingerprint density at radius 3 is 2.49 bits per heavy atom. The highest BCUT2D eigenvalue weighted by molar-refractivity contribution is 5.92. The zero-order valence-corrected chi connectivity index (χ0v) is 20.2. The molecule has 2 amide bonds. The molecule has 182 valence electrons. The summed E-state index contributed by atoms with van der Waals surface area (Å²) in [5.41, 5.74) is 3.37. The topological polar surface area (TPSA) is 77.1 Å². The van der Waals surface area contributed by atoms with Crippen LogP contribution in [0.5, 0.6) is 17.2 Å². The van der Waals surface area contributed by atoms with Gasteiger partial charge in [-0.05, 0) is 60.0 Å². The third kappa shape index (κ3) is 5.93. The lowest BCUT2D eigenvalue weighted by Crippen LogP contribution is -2.38. The van der Waals surface area contributed by atoms with Gasteiger partial charge in [0.1, 0.15) is 17.2 Å². The quantitative estimate of drug-likeness (QED) is 0.517. The number of nitrogens with zero attached hydrogens (tertiary/aromatic N) is 1. The van der Waals surface area contributed by atoms with Crippen LogP contribution in [-0.4, -0.2) is 37.0 Å². The molecule has 1 N–H and O–H groups in total. The number of benzene rings is 3. The van der Waals surface area contributed by atoms with E-state index >= 15 is 0 Å². The van der Waals surface area contributed by atoms with Crippen molar-refractivity contribution in [2.45, 2.75) is 39.0 Å². The van der Waals surface area contributed by atoms with Crippen molar-refractivity contribution in [1.29, 1.82) is 0 Å². The number of methoxy groups -OCH3 is 2. The number of nitrogens with one attached hydrogen (secondary N) is 1. The fourth-order valence-corrected chi connectivity index (χ4v) is 4.10. The average molecular weight is 475 g/mol. The Morgan fingerprint density at radius 1 is 1.00 bits per heavy atom. The van der Waals surface area contributed by atoms with E-state index in [2.05, 4.69) is 5.32 Å². The van der Waals surface area contributed by atoms with Crippen LogP contribution in [0.2, 0.25) is 0 Å². The molecule has 1 aliphatic heterocycles. The molecule has 1 aliphatic rings. The second kappa shape index (κ2) is 11.0. The number of ether oxygens (including phenoxy) is 3. The normalized spacial score (nSPS) is 15.0. The van der Waals surface area contributed by atoms with E-state index in [0.717, 1.165) is 28.2 Å². The van der Waals surface area contributed by atoms with Gasteiger partial charge in [-0.25, -0.2) is 0 Å². The molecular weight excluding hydrogens is 444 g/mol. The summed E-state index contributed by atoms with van der Waals surface area (Å²) in [7, 11) is 3.23. The summed E-state index contributed by atoms with van der Waals surface area (Å²) in [4.78, 5) is 27.6.